The molecular weight excluding hydrogens is 471 g/mol. The number of nitrogens with zero attached hydrogens (tertiary/aromatic N) is 4. The Morgan fingerprint density at radius 3 is 2.67 bits per heavy atom. The van der Waals surface area contributed by atoms with E-state index in [-0.39, 0.29) is 24.6 Å². The fraction of sp³-hybridized carbons (Fsp3) is 0.458. The largest absolute Gasteiger partial charge is 0.463 e. The van der Waals surface area contributed by atoms with Gasteiger partial charge in [0.05, 0.1) is 18.7 Å². The fourth-order valence-electron chi connectivity index (χ4n) is 4.06. The maximum atomic E-state index is 16.4. The zero-order valence-corrected chi connectivity index (χ0v) is 20.5. The van der Waals surface area contributed by atoms with Crippen LogP contribution < -0.4 is 11.1 Å². The Balaban J connectivity index is 1.61. The van der Waals surface area contributed by atoms with E-state index in [1.807, 2.05) is 18.2 Å². The van der Waals surface area contributed by atoms with Gasteiger partial charge in [-0.1, -0.05) is 44.2 Å². The van der Waals surface area contributed by atoms with Crippen LogP contribution in [0.5, 0.6) is 0 Å². The van der Waals surface area contributed by atoms with Gasteiger partial charge in [0, 0.05) is 7.05 Å². The second kappa shape index (κ2) is 10.1. The Kier molecular flexibility index (Phi) is 7.07. The highest BCUT2D eigenvalue weighted by atomic mass is 19.1. The van der Waals surface area contributed by atoms with Crippen LogP contribution in [0.1, 0.15) is 32.6 Å². The predicted molar refractivity (Wildman–Crippen MR) is 129 cm³/mol. The molecular formula is C24H29FN6O5. The minimum Gasteiger partial charge on any atom is -0.463 e. The van der Waals surface area contributed by atoms with E-state index >= 15 is 4.39 Å². The van der Waals surface area contributed by atoms with Crippen molar-refractivity contribution in [1.29, 1.82) is 0 Å². The van der Waals surface area contributed by atoms with Crippen LogP contribution in [0.2, 0.25) is 0 Å². The molecule has 3 heterocycles. The number of carbonyl (C=O) groups is 2. The molecule has 192 valence electrons. The highest BCUT2D eigenvalue weighted by Crippen LogP contribution is 2.44. The summed E-state index contributed by atoms with van der Waals surface area (Å²) in [4.78, 5) is 37.4. The molecule has 0 aliphatic carbocycles. The normalized spacial score (nSPS) is 23.7. The van der Waals surface area contributed by atoms with Gasteiger partial charge < -0.3 is 25.3 Å². The molecule has 1 aromatic carbocycles. The van der Waals surface area contributed by atoms with Gasteiger partial charge in [0.15, 0.2) is 35.0 Å². The SMILES string of the molecule is CNc1nc(N)nc2c1ncn2C1OC(COC(=O)Cc2ccccc2)C(OC(=O)C(C)C)C1(C)F. The van der Waals surface area contributed by atoms with Gasteiger partial charge in [0.25, 0.3) is 0 Å². The first kappa shape index (κ1) is 25.3. The molecule has 1 aliphatic rings. The minimum absolute atomic E-state index is 0.0372. The number of aromatic nitrogens is 4. The molecule has 1 aliphatic heterocycles. The molecule has 3 N–H and O–H groups in total. The maximum absolute atomic E-state index is 16.4. The number of benzene rings is 1. The lowest BCUT2D eigenvalue weighted by atomic mass is 9.98. The number of carbonyl (C=O) groups excluding carboxylic acids is 2. The summed E-state index contributed by atoms with van der Waals surface area (Å²) in [5, 5.41) is 2.88. The van der Waals surface area contributed by atoms with Crippen molar-refractivity contribution < 1.29 is 28.2 Å². The second-order valence-corrected chi connectivity index (χ2v) is 9.04. The molecule has 0 saturated carbocycles. The Hall–Kier alpha value is -3.80. The number of imidazole rings is 1. The summed E-state index contributed by atoms with van der Waals surface area (Å²) in [6.45, 7) is 4.23. The molecule has 3 aromatic rings. The van der Waals surface area contributed by atoms with Gasteiger partial charge in [-0.2, -0.15) is 9.97 Å². The number of ether oxygens (including phenoxy) is 3. The third-order valence-electron chi connectivity index (χ3n) is 5.92. The van der Waals surface area contributed by atoms with Gasteiger partial charge in [0.2, 0.25) is 5.95 Å². The lowest BCUT2D eigenvalue weighted by Gasteiger charge is -2.28. The molecule has 4 unspecified atom stereocenters. The van der Waals surface area contributed by atoms with Crippen molar-refractivity contribution >= 4 is 34.9 Å². The summed E-state index contributed by atoms with van der Waals surface area (Å²) in [7, 11) is 1.65. The van der Waals surface area contributed by atoms with Crippen molar-refractivity contribution in [2.24, 2.45) is 5.92 Å². The van der Waals surface area contributed by atoms with Crippen molar-refractivity contribution in [2.75, 3.05) is 24.7 Å². The van der Waals surface area contributed by atoms with Crippen LogP contribution in [0.25, 0.3) is 11.2 Å². The minimum atomic E-state index is -2.23. The first-order valence-corrected chi connectivity index (χ1v) is 11.5. The summed E-state index contributed by atoms with van der Waals surface area (Å²) in [5.41, 5.74) is 4.97. The monoisotopic (exact) mass is 500 g/mol. The van der Waals surface area contributed by atoms with Crippen LogP contribution in [-0.2, 0) is 30.2 Å². The van der Waals surface area contributed by atoms with Crippen molar-refractivity contribution in [3.63, 3.8) is 0 Å². The molecule has 12 heteroatoms. The van der Waals surface area contributed by atoms with E-state index < -0.39 is 42.0 Å². The van der Waals surface area contributed by atoms with Gasteiger partial charge in [-0.25, -0.2) is 9.37 Å². The van der Waals surface area contributed by atoms with E-state index in [2.05, 4.69) is 20.3 Å². The highest BCUT2D eigenvalue weighted by molar-refractivity contribution is 5.84. The number of alkyl halides is 1. The van der Waals surface area contributed by atoms with Crippen LogP contribution >= 0.6 is 0 Å². The van der Waals surface area contributed by atoms with Gasteiger partial charge in [-0.05, 0) is 12.5 Å². The van der Waals surface area contributed by atoms with E-state index in [9.17, 15) is 9.59 Å². The summed E-state index contributed by atoms with van der Waals surface area (Å²) in [5.74, 6) is -1.30. The van der Waals surface area contributed by atoms with E-state index in [4.69, 9.17) is 19.9 Å². The quantitative estimate of drug-likeness (QED) is 0.443. The van der Waals surface area contributed by atoms with E-state index in [1.54, 1.807) is 33.0 Å². The Morgan fingerprint density at radius 1 is 1.28 bits per heavy atom. The number of nitrogens with two attached hydrogens (primary N) is 1. The lowest BCUT2D eigenvalue weighted by Crippen LogP contribution is -2.45. The van der Waals surface area contributed by atoms with Crippen LogP contribution in [-0.4, -0.2) is 63.0 Å². The zero-order valence-electron chi connectivity index (χ0n) is 20.5. The molecule has 1 fully saturated rings. The third-order valence-corrected chi connectivity index (χ3v) is 5.92. The molecule has 36 heavy (non-hydrogen) atoms. The van der Waals surface area contributed by atoms with Gasteiger partial charge in [-0.3, -0.25) is 14.2 Å². The molecule has 0 bridgehead atoms. The summed E-state index contributed by atoms with van der Waals surface area (Å²) >= 11 is 0. The molecule has 11 nitrogen and oxygen atoms in total. The highest BCUT2D eigenvalue weighted by Gasteiger charge is 2.58. The van der Waals surface area contributed by atoms with Gasteiger partial charge in [0.1, 0.15) is 12.7 Å². The van der Waals surface area contributed by atoms with Crippen molar-refractivity contribution in [3.05, 3.63) is 42.2 Å². The molecule has 2 aromatic heterocycles. The number of esters is 2. The van der Waals surface area contributed by atoms with Crippen molar-refractivity contribution in [3.8, 4) is 0 Å². The Labute approximate surface area is 207 Å². The van der Waals surface area contributed by atoms with Crippen molar-refractivity contribution in [2.45, 2.75) is 51.3 Å². The zero-order chi connectivity index (χ0) is 26.0. The molecule has 4 rings (SSSR count). The molecule has 1 saturated heterocycles. The number of fused-ring (bicyclic) bond motifs is 1. The van der Waals surface area contributed by atoms with E-state index in [1.165, 1.54) is 17.8 Å². The Bertz CT molecular complexity index is 1250. The topological polar surface area (TPSA) is 143 Å². The number of hydrogen-bond acceptors (Lipinski definition) is 10. The van der Waals surface area contributed by atoms with Crippen LogP contribution in [0.3, 0.4) is 0 Å². The van der Waals surface area contributed by atoms with E-state index in [0.717, 1.165) is 5.56 Å². The lowest BCUT2D eigenvalue weighted by molar-refractivity contribution is -0.164. The van der Waals surface area contributed by atoms with Crippen LogP contribution in [0.15, 0.2) is 36.7 Å². The predicted octanol–water partition coefficient (Wildman–Crippen LogP) is 2.43. The summed E-state index contributed by atoms with van der Waals surface area (Å²) in [6, 6.07) is 9.07. The van der Waals surface area contributed by atoms with Gasteiger partial charge in [-0.15, -0.1) is 0 Å². The summed E-state index contributed by atoms with van der Waals surface area (Å²) in [6.07, 6.45) is -2.35. The van der Waals surface area contributed by atoms with Crippen LogP contribution in [0.4, 0.5) is 16.2 Å². The smallest absolute Gasteiger partial charge is 0.310 e. The fourth-order valence-corrected chi connectivity index (χ4v) is 4.06. The van der Waals surface area contributed by atoms with E-state index in [0.29, 0.717) is 11.3 Å². The van der Waals surface area contributed by atoms with Gasteiger partial charge >= 0.3 is 11.9 Å². The van der Waals surface area contributed by atoms with Crippen molar-refractivity contribution in [1.82, 2.24) is 19.5 Å². The molecule has 4 atom stereocenters. The number of nitrogens with one attached hydrogen (secondary N) is 1. The molecule has 0 amide bonds. The first-order chi connectivity index (χ1) is 17.1. The number of anilines is 2. The molecule has 0 radical (unpaired) electrons. The average molecular weight is 501 g/mol. The Morgan fingerprint density at radius 2 is 2.00 bits per heavy atom. The first-order valence-electron chi connectivity index (χ1n) is 11.5. The third kappa shape index (κ3) is 4.94. The number of halogens is 1. The summed E-state index contributed by atoms with van der Waals surface area (Å²) < 4.78 is 34.7. The number of nitrogen functional groups attached to an aromatic ring is 1. The second-order valence-electron chi connectivity index (χ2n) is 9.04. The number of rotatable bonds is 8. The number of hydrogen-bond donors (Lipinski definition) is 2. The van der Waals surface area contributed by atoms with Crippen LogP contribution in [0, 0.1) is 5.92 Å². The standard InChI is InChI=1S/C24H29FN6O5/c1-13(2)21(33)36-18-15(11-34-16(32)10-14-8-6-5-7-9-14)35-22(24(18,3)25)31-12-28-17-19(27-4)29-23(26)30-20(17)31/h5-9,12-13,15,18,22H,10-11H2,1-4H3,(H3,26,27,29,30). The maximum Gasteiger partial charge on any atom is 0.310 e. The molecule has 0 spiro atoms. The average Bonchev–Trinajstić information content (AvgIpc) is 3.35.